The molecule has 0 unspecified atom stereocenters. The molecule has 0 aliphatic heterocycles. The average molecular weight is 426 g/mol. The number of aromatic nitrogens is 7. The Bertz CT molecular complexity index is 1450. The topological polar surface area (TPSA) is 80.1 Å². The molecule has 0 aromatic carbocycles. The molecule has 32 heavy (non-hydrogen) atoms. The van der Waals surface area contributed by atoms with Crippen LogP contribution in [0.4, 0.5) is 0 Å². The molecule has 162 valence electrons. The molecular weight excluding hydrogens is 398 g/mol. The highest BCUT2D eigenvalue weighted by Gasteiger charge is 2.15. The van der Waals surface area contributed by atoms with Crippen LogP contribution in [-0.4, -0.2) is 34.5 Å². The van der Waals surface area contributed by atoms with Crippen molar-refractivity contribution in [2.45, 2.75) is 20.8 Å². The Balaban J connectivity index is 1.83. The summed E-state index contributed by atoms with van der Waals surface area (Å²) >= 11 is 0. The minimum atomic E-state index is 0.831. The zero-order chi connectivity index (χ0) is 22.8. The highest BCUT2D eigenvalue weighted by atomic mass is 15.2. The van der Waals surface area contributed by atoms with Crippen LogP contribution in [0.15, 0.2) is 56.3 Å². The van der Waals surface area contributed by atoms with Crippen molar-refractivity contribution in [3.05, 3.63) is 89.4 Å². The summed E-state index contributed by atoms with van der Waals surface area (Å²) in [5.41, 5.74) is 7.61. The zero-order valence-corrected chi connectivity index (χ0v) is 18.8. The van der Waals surface area contributed by atoms with Crippen molar-refractivity contribution < 1.29 is 0 Å². The first kappa shape index (κ1) is 21.1. The average Bonchev–Trinajstić information content (AvgIpc) is 3.54. The van der Waals surface area contributed by atoms with Crippen LogP contribution in [0, 0.1) is 13.8 Å². The largest absolute Gasteiger partial charge is 0.357 e. The predicted octanol–water partition coefficient (Wildman–Crippen LogP) is 3.32. The second-order valence-corrected chi connectivity index (χ2v) is 7.69. The molecular formula is C25H27N7. The smallest absolute Gasteiger partial charge is 0.116 e. The van der Waals surface area contributed by atoms with E-state index < -0.39 is 0 Å². The van der Waals surface area contributed by atoms with Gasteiger partial charge in [-0.3, -0.25) is 9.78 Å². The fourth-order valence-corrected chi connectivity index (χ4v) is 3.71. The van der Waals surface area contributed by atoms with Crippen molar-refractivity contribution >= 4 is 23.4 Å². The number of rotatable bonds is 6. The monoisotopic (exact) mass is 425 g/mol. The van der Waals surface area contributed by atoms with Crippen molar-refractivity contribution in [3.8, 4) is 11.4 Å². The van der Waals surface area contributed by atoms with E-state index in [0.717, 1.165) is 55.7 Å². The Labute approximate surface area is 186 Å². The lowest BCUT2D eigenvalue weighted by molar-refractivity contribution is 0.767. The predicted molar refractivity (Wildman–Crippen MR) is 130 cm³/mol. The maximum absolute atomic E-state index is 4.61. The van der Waals surface area contributed by atoms with E-state index in [0.29, 0.717) is 0 Å². The lowest BCUT2D eigenvalue weighted by atomic mass is 10.1. The van der Waals surface area contributed by atoms with Crippen LogP contribution in [0.5, 0.6) is 0 Å². The van der Waals surface area contributed by atoms with Gasteiger partial charge in [-0.25, -0.2) is 4.98 Å². The first-order valence-electron chi connectivity index (χ1n) is 10.4. The number of imidazole rings is 1. The number of H-pyrrole nitrogens is 2. The fourth-order valence-electron chi connectivity index (χ4n) is 3.71. The van der Waals surface area contributed by atoms with Gasteiger partial charge in [-0.2, -0.15) is 10.2 Å². The zero-order valence-electron chi connectivity index (χ0n) is 18.8. The summed E-state index contributed by atoms with van der Waals surface area (Å²) in [6, 6.07) is 2.11. The molecule has 0 spiro atoms. The third-order valence-electron chi connectivity index (χ3n) is 5.33. The second kappa shape index (κ2) is 8.55. The third kappa shape index (κ3) is 3.92. The van der Waals surface area contributed by atoms with Gasteiger partial charge in [0.1, 0.15) is 5.69 Å². The van der Waals surface area contributed by atoms with Crippen LogP contribution >= 0.6 is 0 Å². The molecule has 0 amide bonds. The van der Waals surface area contributed by atoms with E-state index in [1.54, 1.807) is 10.8 Å². The molecule has 0 bridgehead atoms. The van der Waals surface area contributed by atoms with Crippen LogP contribution in [0.1, 0.15) is 29.4 Å². The maximum atomic E-state index is 4.61. The highest BCUT2D eigenvalue weighted by Crippen LogP contribution is 2.26. The summed E-state index contributed by atoms with van der Waals surface area (Å²) in [5.74, 6) is 0. The molecule has 0 atom stereocenters. The molecule has 7 heteroatoms. The number of nitrogens with zero attached hydrogens (tertiary/aromatic N) is 5. The van der Waals surface area contributed by atoms with Gasteiger partial charge in [-0.15, -0.1) is 0 Å². The van der Waals surface area contributed by atoms with Crippen LogP contribution in [-0.2, 0) is 7.05 Å². The van der Waals surface area contributed by atoms with Crippen LogP contribution in [0.2, 0.25) is 0 Å². The summed E-state index contributed by atoms with van der Waals surface area (Å²) in [7, 11) is 1.89. The Kier molecular flexibility index (Phi) is 5.64. The number of allylic oxidation sites excluding steroid dienone is 3. The number of aryl methyl sites for hydroxylation is 3. The molecule has 0 saturated carbocycles. The van der Waals surface area contributed by atoms with Gasteiger partial charge in [0, 0.05) is 41.5 Å². The Morgan fingerprint density at radius 3 is 2.66 bits per heavy atom. The lowest BCUT2D eigenvalue weighted by Crippen LogP contribution is -2.23. The van der Waals surface area contributed by atoms with E-state index in [-0.39, 0.29) is 0 Å². The minimum absolute atomic E-state index is 0.831. The number of aromatic amines is 2. The Hall–Kier alpha value is -4.13. The van der Waals surface area contributed by atoms with Gasteiger partial charge in [-0.05, 0) is 44.6 Å². The summed E-state index contributed by atoms with van der Waals surface area (Å²) < 4.78 is 3.77. The van der Waals surface area contributed by atoms with Crippen molar-refractivity contribution in [2.24, 2.45) is 7.05 Å². The maximum Gasteiger partial charge on any atom is 0.116 e. The van der Waals surface area contributed by atoms with E-state index in [2.05, 4.69) is 51.4 Å². The summed E-state index contributed by atoms with van der Waals surface area (Å²) in [4.78, 5) is 7.87. The first-order chi connectivity index (χ1) is 15.4. The van der Waals surface area contributed by atoms with Gasteiger partial charge >= 0.3 is 0 Å². The first-order valence-corrected chi connectivity index (χ1v) is 10.4. The van der Waals surface area contributed by atoms with E-state index in [4.69, 9.17) is 0 Å². The molecule has 0 saturated heterocycles. The van der Waals surface area contributed by atoms with E-state index >= 15 is 0 Å². The summed E-state index contributed by atoms with van der Waals surface area (Å²) in [5, 5.41) is 13.9. The summed E-state index contributed by atoms with van der Waals surface area (Å²) in [6.45, 7) is 14.1. The highest BCUT2D eigenvalue weighted by molar-refractivity contribution is 5.87. The molecule has 4 aromatic heterocycles. The molecule has 7 nitrogen and oxygen atoms in total. The fraction of sp³-hybridized carbons (Fsp3) is 0.160. The molecule has 0 fully saturated rings. The van der Waals surface area contributed by atoms with Crippen molar-refractivity contribution in [1.82, 2.24) is 34.5 Å². The van der Waals surface area contributed by atoms with Gasteiger partial charge in [0.05, 0.1) is 35.0 Å². The second-order valence-electron chi connectivity index (χ2n) is 7.69. The minimum Gasteiger partial charge on any atom is -0.357 e. The van der Waals surface area contributed by atoms with Crippen molar-refractivity contribution in [3.63, 3.8) is 0 Å². The molecule has 0 aliphatic carbocycles. The number of nitrogens with one attached hydrogen (secondary N) is 2. The van der Waals surface area contributed by atoms with Crippen LogP contribution in [0.3, 0.4) is 0 Å². The van der Waals surface area contributed by atoms with Crippen LogP contribution < -0.4 is 10.6 Å². The Morgan fingerprint density at radius 2 is 2.03 bits per heavy atom. The molecule has 4 rings (SSSR count). The van der Waals surface area contributed by atoms with Gasteiger partial charge < -0.3 is 9.55 Å². The quantitative estimate of drug-likeness (QED) is 0.465. The molecule has 4 heterocycles. The SMILES string of the molecule is C=C/C=C(\c1cc(-c2n[nH]c(=C/C)/c2=C\C(=C)c2cnn(C)c2)[nH]c1C)n1cnc(C)c1. The van der Waals surface area contributed by atoms with Gasteiger partial charge in [-0.1, -0.05) is 25.3 Å². The molecule has 2 N–H and O–H groups in total. The molecule has 4 aromatic rings. The molecule has 0 radical (unpaired) electrons. The number of hydrogen-bond donors (Lipinski definition) is 2. The van der Waals surface area contributed by atoms with Gasteiger partial charge in [0.2, 0.25) is 0 Å². The third-order valence-corrected chi connectivity index (χ3v) is 5.33. The van der Waals surface area contributed by atoms with E-state index in [1.807, 2.05) is 68.6 Å². The van der Waals surface area contributed by atoms with Crippen LogP contribution in [0.25, 0.3) is 34.8 Å². The molecule has 0 aliphatic rings. The van der Waals surface area contributed by atoms with Crippen molar-refractivity contribution in [1.29, 1.82) is 0 Å². The summed E-state index contributed by atoms with van der Waals surface area (Å²) in [6.07, 6.45) is 15.4. The standard InChI is InChI=1S/C25H27N7/c1-7-9-24(32-13-17(4)26-15-32)20-11-23(28-18(20)5)25-21(22(8-2)29-30-25)10-16(3)19-12-27-31(6)14-19/h7-15,28-29H,1,3H2,2,4-6H3/b21-10+,22-8+,24-9+. The normalized spacial score (nSPS) is 13.2. The van der Waals surface area contributed by atoms with Gasteiger partial charge in [0.25, 0.3) is 0 Å². The van der Waals surface area contributed by atoms with Crippen molar-refractivity contribution in [2.75, 3.05) is 0 Å². The lowest BCUT2D eigenvalue weighted by Gasteiger charge is -2.07. The Morgan fingerprint density at radius 1 is 1.22 bits per heavy atom. The van der Waals surface area contributed by atoms with E-state index in [9.17, 15) is 0 Å². The van der Waals surface area contributed by atoms with E-state index in [1.165, 1.54) is 0 Å². The van der Waals surface area contributed by atoms with Gasteiger partial charge in [0.15, 0.2) is 0 Å². The number of hydrogen-bond acceptors (Lipinski definition) is 3.